The standard InChI is InChI=1S/C17H20O2/c1-4-18-15-8-6-14(7-9-15)17-11-10-16(19-5-2)12-13(17)3/h6-12H,4-5H2,1-3H3. The van der Waals surface area contributed by atoms with Gasteiger partial charge in [0.25, 0.3) is 0 Å². The molecule has 0 bridgehead atoms. The summed E-state index contributed by atoms with van der Waals surface area (Å²) in [5, 5.41) is 0. The van der Waals surface area contributed by atoms with Crippen LogP contribution in [-0.2, 0) is 0 Å². The zero-order valence-electron chi connectivity index (χ0n) is 11.8. The van der Waals surface area contributed by atoms with E-state index in [1.54, 1.807) is 0 Å². The van der Waals surface area contributed by atoms with Gasteiger partial charge < -0.3 is 9.47 Å². The second-order valence-corrected chi connectivity index (χ2v) is 4.37. The molecule has 0 heterocycles. The maximum absolute atomic E-state index is 5.51. The Morgan fingerprint density at radius 3 is 1.95 bits per heavy atom. The van der Waals surface area contributed by atoms with Gasteiger partial charge in [-0.25, -0.2) is 0 Å². The van der Waals surface area contributed by atoms with Crippen molar-refractivity contribution >= 4 is 0 Å². The number of hydrogen-bond donors (Lipinski definition) is 0. The third kappa shape index (κ3) is 3.28. The molecule has 2 heteroatoms. The van der Waals surface area contributed by atoms with Gasteiger partial charge in [0.2, 0.25) is 0 Å². The highest BCUT2D eigenvalue weighted by molar-refractivity contribution is 5.68. The van der Waals surface area contributed by atoms with Crippen LogP contribution in [0, 0.1) is 6.92 Å². The molecule has 100 valence electrons. The van der Waals surface area contributed by atoms with Crippen LogP contribution in [0.1, 0.15) is 19.4 Å². The molecule has 2 nitrogen and oxygen atoms in total. The van der Waals surface area contributed by atoms with Gasteiger partial charge in [0.05, 0.1) is 13.2 Å². The predicted molar refractivity (Wildman–Crippen MR) is 79.0 cm³/mol. The molecule has 19 heavy (non-hydrogen) atoms. The Balaban J connectivity index is 2.25. The van der Waals surface area contributed by atoms with Crippen molar-refractivity contribution in [1.29, 1.82) is 0 Å². The average Bonchev–Trinajstić information content (AvgIpc) is 2.41. The largest absolute Gasteiger partial charge is 0.494 e. The molecule has 0 saturated heterocycles. The quantitative estimate of drug-likeness (QED) is 0.786. The molecule has 0 aromatic heterocycles. The predicted octanol–water partition coefficient (Wildman–Crippen LogP) is 4.46. The molecule has 0 saturated carbocycles. The minimum Gasteiger partial charge on any atom is -0.494 e. The molecule has 0 atom stereocenters. The van der Waals surface area contributed by atoms with Gasteiger partial charge in [-0.05, 0) is 61.7 Å². The van der Waals surface area contributed by atoms with E-state index in [-0.39, 0.29) is 0 Å². The van der Waals surface area contributed by atoms with Gasteiger partial charge in [-0.1, -0.05) is 18.2 Å². The van der Waals surface area contributed by atoms with E-state index in [0.717, 1.165) is 11.5 Å². The molecule has 2 rings (SSSR count). The summed E-state index contributed by atoms with van der Waals surface area (Å²) < 4.78 is 11.0. The summed E-state index contributed by atoms with van der Waals surface area (Å²) in [6.07, 6.45) is 0. The fourth-order valence-electron chi connectivity index (χ4n) is 2.11. The lowest BCUT2D eigenvalue weighted by molar-refractivity contribution is 0.340. The lowest BCUT2D eigenvalue weighted by Crippen LogP contribution is -1.93. The van der Waals surface area contributed by atoms with E-state index in [1.807, 2.05) is 32.0 Å². The molecule has 0 aliphatic heterocycles. The summed E-state index contributed by atoms with van der Waals surface area (Å²) >= 11 is 0. The number of hydrogen-bond acceptors (Lipinski definition) is 2. The molecule has 0 N–H and O–H groups in total. The molecule has 2 aromatic rings. The van der Waals surface area contributed by atoms with Crippen molar-refractivity contribution in [2.75, 3.05) is 13.2 Å². The average molecular weight is 256 g/mol. The first kappa shape index (κ1) is 13.5. The van der Waals surface area contributed by atoms with Gasteiger partial charge in [-0.2, -0.15) is 0 Å². The van der Waals surface area contributed by atoms with E-state index in [4.69, 9.17) is 9.47 Å². The number of aryl methyl sites for hydroxylation is 1. The SMILES string of the molecule is CCOc1ccc(-c2ccc(OCC)cc2C)cc1. The van der Waals surface area contributed by atoms with Gasteiger partial charge in [0.1, 0.15) is 11.5 Å². The highest BCUT2D eigenvalue weighted by Gasteiger charge is 2.04. The first-order chi connectivity index (χ1) is 9.24. The Bertz CT molecular complexity index is 529. The van der Waals surface area contributed by atoms with Crippen LogP contribution in [0.4, 0.5) is 0 Å². The van der Waals surface area contributed by atoms with Crippen molar-refractivity contribution in [3.05, 3.63) is 48.0 Å². The second-order valence-electron chi connectivity index (χ2n) is 4.37. The van der Waals surface area contributed by atoms with Gasteiger partial charge >= 0.3 is 0 Å². The second kappa shape index (κ2) is 6.28. The molecular formula is C17H20O2. The normalized spacial score (nSPS) is 10.3. The molecule has 0 radical (unpaired) electrons. The van der Waals surface area contributed by atoms with E-state index in [9.17, 15) is 0 Å². The Morgan fingerprint density at radius 1 is 0.789 bits per heavy atom. The maximum atomic E-state index is 5.51. The van der Waals surface area contributed by atoms with Crippen LogP contribution in [-0.4, -0.2) is 13.2 Å². The third-order valence-electron chi connectivity index (χ3n) is 2.99. The van der Waals surface area contributed by atoms with Gasteiger partial charge in [-0.15, -0.1) is 0 Å². The molecule has 0 fully saturated rings. The summed E-state index contributed by atoms with van der Waals surface area (Å²) in [5.41, 5.74) is 3.64. The number of benzene rings is 2. The Labute approximate surface area is 115 Å². The topological polar surface area (TPSA) is 18.5 Å². The van der Waals surface area contributed by atoms with E-state index in [2.05, 4.69) is 31.2 Å². The van der Waals surface area contributed by atoms with Crippen molar-refractivity contribution in [2.45, 2.75) is 20.8 Å². The molecule has 0 amide bonds. The van der Waals surface area contributed by atoms with E-state index in [1.165, 1.54) is 16.7 Å². The molecule has 0 aliphatic rings. The van der Waals surface area contributed by atoms with Crippen LogP contribution in [0.15, 0.2) is 42.5 Å². The van der Waals surface area contributed by atoms with Gasteiger partial charge in [0, 0.05) is 0 Å². The van der Waals surface area contributed by atoms with E-state index < -0.39 is 0 Å². The van der Waals surface area contributed by atoms with Crippen molar-refractivity contribution in [3.63, 3.8) is 0 Å². The minimum atomic E-state index is 0.696. The minimum absolute atomic E-state index is 0.696. The molecule has 0 aliphatic carbocycles. The maximum Gasteiger partial charge on any atom is 0.119 e. The summed E-state index contributed by atoms with van der Waals surface area (Å²) in [5.74, 6) is 1.84. The van der Waals surface area contributed by atoms with Crippen LogP contribution in [0.5, 0.6) is 11.5 Å². The van der Waals surface area contributed by atoms with Crippen molar-refractivity contribution in [1.82, 2.24) is 0 Å². The number of ether oxygens (including phenoxy) is 2. The zero-order valence-corrected chi connectivity index (χ0v) is 11.8. The Morgan fingerprint density at radius 2 is 1.37 bits per heavy atom. The lowest BCUT2D eigenvalue weighted by atomic mass is 10.0. The van der Waals surface area contributed by atoms with Crippen molar-refractivity contribution in [3.8, 4) is 22.6 Å². The molecule has 0 spiro atoms. The summed E-state index contributed by atoms with van der Waals surface area (Å²) in [6, 6.07) is 14.4. The fraction of sp³-hybridized carbons (Fsp3) is 0.294. The molecule has 2 aromatic carbocycles. The highest BCUT2D eigenvalue weighted by Crippen LogP contribution is 2.28. The third-order valence-corrected chi connectivity index (χ3v) is 2.99. The van der Waals surface area contributed by atoms with E-state index in [0.29, 0.717) is 13.2 Å². The van der Waals surface area contributed by atoms with Crippen molar-refractivity contribution in [2.24, 2.45) is 0 Å². The summed E-state index contributed by atoms with van der Waals surface area (Å²) in [4.78, 5) is 0. The Kier molecular flexibility index (Phi) is 4.45. The lowest BCUT2D eigenvalue weighted by Gasteiger charge is -2.10. The molecule has 0 unspecified atom stereocenters. The first-order valence-electron chi connectivity index (χ1n) is 6.71. The Hall–Kier alpha value is -1.96. The highest BCUT2D eigenvalue weighted by atomic mass is 16.5. The van der Waals surface area contributed by atoms with Gasteiger partial charge in [0.15, 0.2) is 0 Å². The van der Waals surface area contributed by atoms with Crippen LogP contribution < -0.4 is 9.47 Å². The van der Waals surface area contributed by atoms with Gasteiger partial charge in [-0.3, -0.25) is 0 Å². The summed E-state index contributed by atoms with van der Waals surface area (Å²) in [7, 11) is 0. The smallest absolute Gasteiger partial charge is 0.119 e. The van der Waals surface area contributed by atoms with Crippen LogP contribution in [0.3, 0.4) is 0 Å². The monoisotopic (exact) mass is 256 g/mol. The first-order valence-corrected chi connectivity index (χ1v) is 6.71. The van der Waals surface area contributed by atoms with Crippen molar-refractivity contribution < 1.29 is 9.47 Å². The summed E-state index contributed by atoms with van der Waals surface area (Å²) in [6.45, 7) is 7.48. The van der Waals surface area contributed by atoms with E-state index >= 15 is 0 Å². The number of rotatable bonds is 5. The zero-order chi connectivity index (χ0) is 13.7. The van der Waals surface area contributed by atoms with Crippen LogP contribution in [0.25, 0.3) is 11.1 Å². The van der Waals surface area contributed by atoms with Crippen LogP contribution in [0.2, 0.25) is 0 Å². The fourth-order valence-corrected chi connectivity index (χ4v) is 2.11. The molecular weight excluding hydrogens is 236 g/mol. The van der Waals surface area contributed by atoms with Crippen LogP contribution >= 0.6 is 0 Å².